The molecule has 15 heavy (non-hydrogen) atoms. The zero-order valence-electron chi connectivity index (χ0n) is 9.12. The molecule has 0 saturated carbocycles. The van der Waals surface area contributed by atoms with E-state index in [9.17, 15) is 0 Å². The van der Waals surface area contributed by atoms with Crippen molar-refractivity contribution in [2.75, 3.05) is 0 Å². The van der Waals surface area contributed by atoms with Crippen molar-refractivity contribution < 1.29 is 0 Å². The molecule has 1 atom stereocenters. The smallest absolute Gasteiger partial charge is 0.0986 e. The maximum absolute atomic E-state index is 8.98. The van der Waals surface area contributed by atoms with Gasteiger partial charge >= 0.3 is 0 Å². The number of thioether (sulfide) groups is 1. The number of nitriles is 1. The maximum atomic E-state index is 8.98. The fourth-order valence-corrected chi connectivity index (χ4v) is 2.28. The van der Waals surface area contributed by atoms with Crippen LogP contribution >= 0.6 is 23.4 Å². The summed E-state index contributed by atoms with van der Waals surface area (Å²) in [6.07, 6.45) is 0. The number of aryl methyl sites for hydroxylation is 1. The highest BCUT2D eigenvalue weighted by Crippen LogP contribution is 2.30. The predicted molar refractivity (Wildman–Crippen MR) is 66.3 cm³/mol. The monoisotopic (exact) mass is 239 g/mol. The van der Waals surface area contributed by atoms with Crippen LogP contribution in [0.1, 0.15) is 19.4 Å². The van der Waals surface area contributed by atoms with E-state index in [1.807, 2.05) is 25.1 Å². The summed E-state index contributed by atoms with van der Waals surface area (Å²) in [5, 5.41) is 9.77. The van der Waals surface area contributed by atoms with Crippen molar-refractivity contribution in [1.29, 1.82) is 5.26 Å². The Bertz CT molecular complexity index is 382. The van der Waals surface area contributed by atoms with E-state index in [0.29, 0.717) is 5.92 Å². The lowest BCUT2D eigenvalue weighted by atomic mass is 10.1. The lowest BCUT2D eigenvalue weighted by Crippen LogP contribution is -2.07. The number of rotatable bonds is 3. The number of halogens is 1. The van der Waals surface area contributed by atoms with Crippen LogP contribution in [0.25, 0.3) is 0 Å². The first-order chi connectivity index (χ1) is 7.04. The molecule has 0 aliphatic carbocycles. The van der Waals surface area contributed by atoms with E-state index in [-0.39, 0.29) is 5.25 Å². The van der Waals surface area contributed by atoms with Crippen LogP contribution in [0.4, 0.5) is 0 Å². The minimum absolute atomic E-state index is 0.00516. The molecular weight excluding hydrogens is 226 g/mol. The van der Waals surface area contributed by atoms with Crippen molar-refractivity contribution in [3.8, 4) is 6.07 Å². The standard InChI is InChI=1S/C12H14ClNS/c1-8(2)12(7-14)15-10-4-5-11(13)9(3)6-10/h4-6,8,12H,1-3H3. The molecular formula is C12H14ClNS. The molecule has 1 aromatic rings. The highest BCUT2D eigenvalue weighted by atomic mass is 35.5. The van der Waals surface area contributed by atoms with E-state index in [4.69, 9.17) is 16.9 Å². The van der Waals surface area contributed by atoms with Gasteiger partial charge in [-0.1, -0.05) is 25.4 Å². The van der Waals surface area contributed by atoms with Gasteiger partial charge in [0.05, 0.1) is 11.3 Å². The molecule has 0 fully saturated rings. The van der Waals surface area contributed by atoms with E-state index < -0.39 is 0 Å². The van der Waals surface area contributed by atoms with Gasteiger partial charge in [-0.2, -0.15) is 5.26 Å². The molecule has 1 unspecified atom stereocenters. The van der Waals surface area contributed by atoms with Crippen LogP contribution in [0.3, 0.4) is 0 Å². The lowest BCUT2D eigenvalue weighted by molar-refractivity contribution is 0.685. The molecule has 0 saturated heterocycles. The van der Waals surface area contributed by atoms with Crippen molar-refractivity contribution in [2.45, 2.75) is 30.9 Å². The number of hydrogen-bond acceptors (Lipinski definition) is 2. The summed E-state index contributed by atoms with van der Waals surface area (Å²) >= 11 is 7.54. The molecule has 80 valence electrons. The van der Waals surface area contributed by atoms with Crippen LogP contribution in [-0.4, -0.2) is 5.25 Å². The van der Waals surface area contributed by atoms with Gasteiger partial charge in [0.1, 0.15) is 0 Å². The quantitative estimate of drug-likeness (QED) is 0.735. The molecule has 1 aromatic carbocycles. The Morgan fingerprint density at radius 2 is 2.07 bits per heavy atom. The predicted octanol–water partition coefficient (Wildman–Crippen LogP) is 4.29. The van der Waals surface area contributed by atoms with Crippen LogP contribution in [0.2, 0.25) is 5.02 Å². The third-order valence-corrected chi connectivity index (χ3v) is 3.98. The molecule has 0 spiro atoms. The second kappa shape index (κ2) is 5.44. The van der Waals surface area contributed by atoms with E-state index in [1.165, 1.54) is 0 Å². The Hall–Kier alpha value is -0.650. The Labute approximate surface area is 100 Å². The Balaban J connectivity index is 2.81. The van der Waals surface area contributed by atoms with Gasteiger partial charge in [-0.25, -0.2) is 0 Å². The first-order valence-corrected chi connectivity index (χ1v) is 6.12. The van der Waals surface area contributed by atoms with E-state index >= 15 is 0 Å². The zero-order valence-corrected chi connectivity index (χ0v) is 10.7. The fourth-order valence-electron chi connectivity index (χ4n) is 1.15. The van der Waals surface area contributed by atoms with Gasteiger partial charge in [0.2, 0.25) is 0 Å². The summed E-state index contributed by atoms with van der Waals surface area (Å²) < 4.78 is 0. The van der Waals surface area contributed by atoms with Gasteiger partial charge in [-0.3, -0.25) is 0 Å². The average molecular weight is 240 g/mol. The number of hydrogen-bond donors (Lipinski definition) is 0. The molecule has 0 aliphatic rings. The lowest BCUT2D eigenvalue weighted by Gasteiger charge is -2.12. The second-order valence-electron chi connectivity index (χ2n) is 3.82. The van der Waals surface area contributed by atoms with E-state index in [0.717, 1.165) is 15.5 Å². The zero-order chi connectivity index (χ0) is 11.4. The van der Waals surface area contributed by atoms with Gasteiger partial charge in [0.15, 0.2) is 0 Å². The minimum atomic E-state index is 0.00516. The van der Waals surface area contributed by atoms with Gasteiger partial charge in [0.25, 0.3) is 0 Å². The minimum Gasteiger partial charge on any atom is -0.197 e. The van der Waals surface area contributed by atoms with Gasteiger partial charge in [-0.15, -0.1) is 11.8 Å². The van der Waals surface area contributed by atoms with Crippen LogP contribution in [0.5, 0.6) is 0 Å². The summed E-state index contributed by atoms with van der Waals surface area (Å²) in [6.45, 7) is 6.09. The maximum Gasteiger partial charge on any atom is 0.0986 e. The summed E-state index contributed by atoms with van der Waals surface area (Å²) in [7, 11) is 0. The summed E-state index contributed by atoms with van der Waals surface area (Å²) in [6, 6.07) is 8.19. The molecule has 0 amide bonds. The SMILES string of the molecule is Cc1cc(SC(C#N)C(C)C)ccc1Cl. The third-order valence-electron chi connectivity index (χ3n) is 2.13. The Morgan fingerprint density at radius 3 is 2.53 bits per heavy atom. The van der Waals surface area contributed by atoms with Crippen molar-refractivity contribution in [3.05, 3.63) is 28.8 Å². The largest absolute Gasteiger partial charge is 0.197 e. The highest BCUT2D eigenvalue weighted by Gasteiger charge is 2.13. The Morgan fingerprint density at radius 1 is 1.40 bits per heavy atom. The molecule has 0 bridgehead atoms. The Kier molecular flexibility index (Phi) is 4.50. The molecule has 1 nitrogen and oxygen atoms in total. The average Bonchev–Trinajstić information content (AvgIpc) is 2.19. The van der Waals surface area contributed by atoms with Crippen LogP contribution in [0.15, 0.2) is 23.1 Å². The highest BCUT2D eigenvalue weighted by molar-refractivity contribution is 8.00. The first-order valence-electron chi connectivity index (χ1n) is 4.87. The molecule has 0 radical (unpaired) electrons. The van der Waals surface area contributed by atoms with Crippen LogP contribution in [0, 0.1) is 24.2 Å². The fraction of sp³-hybridized carbons (Fsp3) is 0.417. The summed E-state index contributed by atoms with van der Waals surface area (Å²) in [5.41, 5.74) is 1.06. The van der Waals surface area contributed by atoms with Gasteiger partial charge < -0.3 is 0 Å². The molecule has 0 aromatic heterocycles. The molecule has 1 rings (SSSR count). The van der Waals surface area contributed by atoms with Crippen molar-refractivity contribution in [2.24, 2.45) is 5.92 Å². The third kappa shape index (κ3) is 3.44. The van der Waals surface area contributed by atoms with Gasteiger partial charge in [-0.05, 0) is 36.6 Å². The number of benzene rings is 1. The topological polar surface area (TPSA) is 23.8 Å². The molecule has 0 N–H and O–H groups in total. The molecule has 3 heteroatoms. The molecule has 0 heterocycles. The van der Waals surface area contributed by atoms with E-state index in [2.05, 4.69) is 19.9 Å². The second-order valence-corrected chi connectivity index (χ2v) is 5.44. The van der Waals surface area contributed by atoms with Crippen molar-refractivity contribution >= 4 is 23.4 Å². The van der Waals surface area contributed by atoms with E-state index in [1.54, 1.807) is 11.8 Å². The van der Waals surface area contributed by atoms with Crippen molar-refractivity contribution in [3.63, 3.8) is 0 Å². The normalized spacial score (nSPS) is 12.5. The van der Waals surface area contributed by atoms with Crippen LogP contribution < -0.4 is 0 Å². The first kappa shape index (κ1) is 12.4. The number of nitrogens with zero attached hydrogens (tertiary/aromatic N) is 1. The van der Waals surface area contributed by atoms with Crippen LogP contribution in [-0.2, 0) is 0 Å². The summed E-state index contributed by atoms with van der Waals surface area (Å²) in [4.78, 5) is 1.11. The van der Waals surface area contributed by atoms with Gasteiger partial charge in [0, 0.05) is 9.92 Å². The molecule has 0 aliphatic heterocycles. The summed E-state index contributed by atoms with van der Waals surface area (Å²) in [5.74, 6) is 0.357. The van der Waals surface area contributed by atoms with Crippen molar-refractivity contribution in [1.82, 2.24) is 0 Å².